The molecule has 2 aromatic rings. The van der Waals surface area contributed by atoms with Crippen LogP contribution in [0.15, 0.2) is 71.5 Å². The van der Waals surface area contributed by atoms with Gasteiger partial charge in [0.05, 0.1) is 11.4 Å². The van der Waals surface area contributed by atoms with Crippen LogP contribution in [0.5, 0.6) is 0 Å². The number of amides is 2. The number of benzene rings is 2. The van der Waals surface area contributed by atoms with Gasteiger partial charge in [0.1, 0.15) is 0 Å². The molecule has 0 bridgehead atoms. The Morgan fingerprint density at radius 2 is 1.57 bits per heavy atom. The standard InChI is InChI=1S/C16H14N4O/c21-16-17-14(11-12-7-3-1-4-8-12)15(18-16)20-19-13-9-5-2-6-10-13/h1-11,19H,(H2,17,18,20,21). The van der Waals surface area contributed by atoms with Crippen molar-refractivity contribution in [2.75, 3.05) is 5.43 Å². The molecule has 0 radical (unpaired) electrons. The van der Waals surface area contributed by atoms with Crippen molar-refractivity contribution in [2.45, 2.75) is 0 Å². The number of urea groups is 1. The van der Waals surface area contributed by atoms with E-state index in [0.717, 1.165) is 11.3 Å². The molecule has 0 unspecified atom stereocenters. The Bertz CT molecular complexity index is 693. The average Bonchev–Trinajstić information content (AvgIpc) is 2.87. The lowest BCUT2D eigenvalue weighted by Gasteiger charge is -2.02. The maximum absolute atomic E-state index is 11.5. The van der Waals surface area contributed by atoms with Crippen LogP contribution in [0.2, 0.25) is 0 Å². The second-order valence-electron chi connectivity index (χ2n) is 4.49. The van der Waals surface area contributed by atoms with Crippen LogP contribution in [0.3, 0.4) is 0 Å². The van der Waals surface area contributed by atoms with Gasteiger partial charge in [0.25, 0.3) is 0 Å². The highest BCUT2D eigenvalue weighted by molar-refractivity contribution is 6.16. The molecule has 0 aliphatic carbocycles. The summed E-state index contributed by atoms with van der Waals surface area (Å²) in [5.41, 5.74) is 5.39. The molecule has 1 saturated heterocycles. The highest BCUT2D eigenvalue weighted by atomic mass is 16.2. The summed E-state index contributed by atoms with van der Waals surface area (Å²) < 4.78 is 0. The van der Waals surface area contributed by atoms with Crippen LogP contribution in [-0.2, 0) is 0 Å². The van der Waals surface area contributed by atoms with Crippen LogP contribution in [-0.4, -0.2) is 11.9 Å². The number of hydrogen-bond donors (Lipinski definition) is 3. The number of nitrogens with one attached hydrogen (secondary N) is 3. The van der Waals surface area contributed by atoms with E-state index in [2.05, 4.69) is 21.2 Å². The summed E-state index contributed by atoms with van der Waals surface area (Å²) in [6, 6.07) is 19.0. The first-order chi connectivity index (χ1) is 10.3. The van der Waals surface area contributed by atoms with Crippen molar-refractivity contribution in [2.24, 2.45) is 5.10 Å². The average molecular weight is 278 g/mol. The van der Waals surface area contributed by atoms with Crippen LogP contribution in [0.4, 0.5) is 10.5 Å². The van der Waals surface area contributed by atoms with Gasteiger partial charge in [-0.3, -0.25) is 10.7 Å². The lowest BCUT2D eigenvalue weighted by Crippen LogP contribution is -2.23. The van der Waals surface area contributed by atoms with E-state index in [1.54, 1.807) is 0 Å². The molecule has 3 N–H and O–H groups in total. The largest absolute Gasteiger partial charge is 0.325 e. The monoisotopic (exact) mass is 278 g/mol. The first-order valence-electron chi connectivity index (χ1n) is 6.55. The predicted molar refractivity (Wildman–Crippen MR) is 83.6 cm³/mol. The molecule has 0 saturated carbocycles. The van der Waals surface area contributed by atoms with Gasteiger partial charge in [-0.15, -0.1) is 0 Å². The van der Waals surface area contributed by atoms with Gasteiger partial charge in [0.15, 0.2) is 5.84 Å². The number of carbonyl (C=O) groups is 1. The second-order valence-corrected chi connectivity index (χ2v) is 4.49. The van der Waals surface area contributed by atoms with Gasteiger partial charge in [-0.1, -0.05) is 48.5 Å². The maximum atomic E-state index is 11.5. The molecule has 5 nitrogen and oxygen atoms in total. The molecule has 2 amide bonds. The lowest BCUT2D eigenvalue weighted by atomic mass is 10.2. The molecule has 0 atom stereocenters. The van der Waals surface area contributed by atoms with Gasteiger partial charge in [-0.2, -0.15) is 5.10 Å². The molecule has 1 heterocycles. The second kappa shape index (κ2) is 5.92. The Labute approximate surface area is 122 Å². The fraction of sp³-hybridized carbons (Fsp3) is 0. The summed E-state index contributed by atoms with van der Waals surface area (Å²) >= 11 is 0. The first-order valence-corrected chi connectivity index (χ1v) is 6.55. The topological polar surface area (TPSA) is 65.5 Å². The number of anilines is 1. The lowest BCUT2D eigenvalue weighted by molar-refractivity contribution is 0.250. The zero-order chi connectivity index (χ0) is 14.5. The summed E-state index contributed by atoms with van der Waals surface area (Å²) in [4.78, 5) is 11.5. The Balaban J connectivity index is 1.83. The number of rotatable bonds is 3. The summed E-state index contributed by atoms with van der Waals surface area (Å²) in [5, 5.41) is 9.62. The van der Waals surface area contributed by atoms with Crippen LogP contribution in [0, 0.1) is 0 Å². The van der Waals surface area contributed by atoms with Crippen LogP contribution < -0.4 is 16.1 Å². The summed E-state index contributed by atoms with van der Waals surface area (Å²) in [5.74, 6) is 0.465. The van der Waals surface area contributed by atoms with E-state index in [1.165, 1.54) is 0 Å². The fourth-order valence-electron chi connectivity index (χ4n) is 1.93. The third kappa shape index (κ3) is 3.27. The molecule has 3 rings (SSSR count). The maximum Gasteiger partial charge on any atom is 0.325 e. The van der Waals surface area contributed by atoms with Gasteiger partial charge >= 0.3 is 6.03 Å². The van der Waals surface area contributed by atoms with E-state index in [9.17, 15) is 4.79 Å². The predicted octanol–water partition coefficient (Wildman–Crippen LogP) is 2.77. The SMILES string of the molecule is O=C1NC(=Cc2ccccc2)C(=NNc2ccccc2)N1. The molecule has 5 heteroatoms. The number of hydrazone groups is 1. The van der Waals surface area contributed by atoms with E-state index in [4.69, 9.17) is 0 Å². The highest BCUT2D eigenvalue weighted by Gasteiger charge is 2.21. The first kappa shape index (κ1) is 12.9. The van der Waals surface area contributed by atoms with Gasteiger partial charge in [0, 0.05) is 0 Å². The van der Waals surface area contributed by atoms with Crippen LogP contribution in [0.1, 0.15) is 5.56 Å². The quantitative estimate of drug-likeness (QED) is 0.756. The zero-order valence-corrected chi connectivity index (χ0v) is 11.2. The highest BCUT2D eigenvalue weighted by Crippen LogP contribution is 2.10. The number of para-hydroxylation sites is 1. The molecule has 21 heavy (non-hydrogen) atoms. The summed E-state index contributed by atoms with van der Waals surface area (Å²) in [7, 11) is 0. The number of hydrogen-bond acceptors (Lipinski definition) is 3. The molecule has 104 valence electrons. The van der Waals surface area contributed by atoms with E-state index >= 15 is 0 Å². The molecule has 1 aliphatic heterocycles. The van der Waals surface area contributed by atoms with Crippen LogP contribution >= 0.6 is 0 Å². The van der Waals surface area contributed by atoms with Crippen molar-refractivity contribution in [1.29, 1.82) is 0 Å². The molecular formula is C16H14N4O. The number of carbonyl (C=O) groups excluding carboxylic acids is 1. The fourth-order valence-corrected chi connectivity index (χ4v) is 1.93. The summed E-state index contributed by atoms with van der Waals surface area (Å²) in [6.07, 6.45) is 1.86. The molecular weight excluding hydrogens is 264 g/mol. The molecule has 2 aromatic carbocycles. The minimum absolute atomic E-state index is 0.286. The molecule has 1 aliphatic rings. The molecule has 0 spiro atoms. The van der Waals surface area contributed by atoms with E-state index in [1.807, 2.05) is 66.7 Å². The third-order valence-corrected chi connectivity index (χ3v) is 2.92. The summed E-state index contributed by atoms with van der Waals surface area (Å²) in [6.45, 7) is 0. The van der Waals surface area contributed by atoms with E-state index < -0.39 is 0 Å². The minimum atomic E-state index is -0.286. The smallest absolute Gasteiger partial charge is 0.304 e. The van der Waals surface area contributed by atoms with Crippen molar-refractivity contribution >= 4 is 23.6 Å². The Morgan fingerprint density at radius 1 is 0.905 bits per heavy atom. The Hall–Kier alpha value is -3.08. The van der Waals surface area contributed by atoms with Gasteiger partial charge in [0.2, 0.25) is 0 Å². The van der Waals surface area contributed by atoms with Crippen molar-refractivity contribution < 1.29 is 4.79 Å². The van der Waals surface area contributed by atoms with Crippen molar-refractivity contribution in [3.63, 3.8) is 0 Å². The van der Waals surface area contributed by atoms with Crippen molar-refractivity contribution in [3.8, 4) is 0 Å². The number of amidine groups is 1. The third-order valence-electron chi connectivity index (χ3n) is 2.92. The van der Waals surface area contributed by atoms with E-state index in [0.29, 0.717) is 11.5 Å². The minimum Gasteiger partial charge on any atom is -0.304 e. The van der Waals surface area contributed by atoms with Crippen molar-refractivity contribution in [1.82, 2.24) is 10.6 Å². The normalized spacial score (nSPS) is 17.6. The number of nitrogens with zero attached hydrogens (tertiary/aromatic N) is 1. The zero-order valence-electron chi connectivity index (χ0n) is 11.2. The van der Waals surface area contributed by atoms with Gasteiger partial charge in [-0.25, -0.2) is 4.79 Å². The van der Waals surface area contributed by atoms with Gasteiger partial charge in [-0.05, 0) is 23.8 Å². The van der Waals surface area contributed by atoms with E-state index in [-0.39, 0.29) is 6.03 Å². The molecule has 1 fully saturated rings. The Morgan fingerprint density at radius 3 is 2.29 bits per heavy atom. The Kier molecular flexibility index (Phi) is 3.64. The van der Waals surface area contributed by atoms with Gasteiger partial charge < -0.3 is 5.32 Å². The van der Waals surface area contributed by atoms with Crippen molar-refractivity contribution in [3.05, 3.63) is 71.9 Å². The molecule has 0 aromatic heterocycles. The van der Waals surface area contributed by atoms with Crippen LogP contribution in [0.25, 0.3) is 6.08 Å².